The molecule has 0 aliphatic carbocycles. The average molecular weight is 316 g/mol. The number of furan rings is 1. The minimum absolute atomic E-state index is 0.191. The number of carbonyl (C=O) groups excluding carboxylic acids is 1. The lowest BCUT2D eigenvalue weighted by atomic mass is 10.1. The number of aromatic amines is 1. The lowest BCUT2D eigenvalue weighted by Crippen LogP contribution is -2.44. The fourth-order valence-corrected chi connectivity index (χ4v) is 2.81. The van der Waals surface area contributed by atoms with Gasteiger partial charge in [-0.25, -0.2) is 9.37 Å². The van der Waals surface area contributed by atoms with E-state index in [1.807, 2.05) is 0 Å². The molecular weight excluding hydrogens is 303 g/mol. The second-order valence-electron chi connectivity index (χ2n) is 5.25. The molecule has 0 radical (unpaired) electrons. The molecule has 1 N–H and O–H groups in total. The van der Waals surface area contributed by atoms with E-state index in [2.05, 4.69) is 15.2 Å². The topological polar surface area (TPSA) is 84.2 Å². The fourth-order valence-electron chi connectivity index (χ4n) is 2.81. The Labute approximate surface area is 130 Å². The van der Waals surface area contributed by atoms with Crippen molar-refractivity contribution >= 4 is 16.9 Å². The predicted molar refractivity (Wildman–Crippen MR) is 77.2 cm³/mol. The number of nitrogens with zero attached hydrogens (tertiary/aromatic N) is 3. The van der Waals surface area contributed by atoms with Crippen molar-refractivity contribution in [2.24, 2.45) is 0 Å². The van der Waals surface area contributed by atoms with E-state index in [0.717, 1.165) is 0 Å². The number of benzene rings is 1. The van der Waals surface area contributed by atoms with E-state index in [9.17, 15) is 9.18 Å². The van der Waals surface area contributed by atoms with Crippen molar-refractivity contribution in [1.29, 1.82) is 0 Å². The standard InChI is InChI=1S/C15H13FN4O3/c16-10-5-9-1-3-23-13(9)11(6-10)15(21)20-2-4-22-7-12(20)14-17-8-18-19-14/h1,3,5-6,8,12H,2,4,7H2,(H,17,18,19). The second kappa shape index (κ2) is 5.47. The van der Waals surface area contributed by atoms with Gasteiger partial charge in [0, 0.05) is 11.9 Å². The van der Waals surface area contributed by atoms with E-state index in [4.69, 9.17) is 9.15 Å². The first kappa shape index (κ1) is 13.9. The number of nitrogens with one attached hydrogen (secondary N) is 1. The first-order valence-electron chi connectivity index (χ1n) is 7.15. The third kappa shape index (κ3) is 2.36. The van der Waals surface area contributed by atoms with Gasteiger partial charge in [0.2, 0.25) is 0 Å². The molecule has 1 fully saturated rings. The van der Waals surface area contributed by atoms with Crippen LogP contribution in [0.15, 0.2) is 35.2 Å². The molecule has 1 saturated heterocycles. The second-order valence-corrected chi connectivity index (χ2v) is 5.25. The van der Waals surface area contributed by atoms with Crippen LogP contribution in [0.3, 0.4) is 0 Å². The summed E-state index contributed by atoms with van der Waals surface area (Å²) in [5.41, 5.74) is 0.565. The van der Waals surface area contributed by atoms with Crippen LogP contribution in [0.5, 0.6) is 0 Å². The molecular formula is C15H13FN4O3. The third-order valence-corrected chi connectivity index (χ3v) is 3.88. The van der Waals surface area contributed by atoms with Crippen LogP contribution in [0.2, 0.25) is 0 Å². The monoisotopic (exact) mass is 316 g/mol. The first-order chi connectivity index (χ1) is 11.2. The molecule has 1 aliphatic rings. The summed E-state index contributed by atoms with van der Waals surface area (Å²) in [5, 5.41) is 7.12. The van der Waals surface area contributed by atoms with Crippen LogP contribution in [0.4, 0.5) is 4.39 Å². The van der Waals surface area contributed by atoms with E-state index < -0.39 is 11.9 Å². The van der Waals surface area contributed by atoms with Gasteiger partial charge in [0.25, 0.3) is 5.91 Å². The van der Waals surface area contributed by atoms with Gasteiger partial charge in [0.05, 0.1) is 25.0 Å². The normalized spacial score (nSPS) is 18.5. The van der Waals surface area contributed by atoms with E-state index >= 15 is 0 Å². The molecule has 1 atom stereocenters. The highest BCUT2D eigenvalue weighted by molar-refractivity contribution is 6.05. The molecule has 2 aromatic heterocycles. The molecule has 3 aromatic rings. The Morgan fingerprint density at radius 3 is 3.17 bits per heavy atom. The van der Waals surface area contributed by atoms with Gasteiger partial charge in [-0.15, -0.1) is 0 Å². The summed E-state index contributed by atoms with van der Waals surface area (Å²) < 4.78 is 24.6. The molecule has 0 saturated carbocycles. The van der Waals surface area contributed by atoms with Crippen molar-refractivity contribution in [2.75, 3.05) is 19.8 Å². The number of fused-ring (bicyclic) bond motifs is 1. The van der Waals surface area contributed by atoms with Crippen molar-refractivity contribution in [3.8, 4) is 0 Å². The first-order valence-corrected chi connectivity index (χ1v) is 7.15. The highest BCUT2D eigenvalue weighted by Crippen LogP contribution is 2.27. The molecule has 1 aromatic carbocycles. The van der Waals surface area contributed by atoms with E-state index in [1.165, 1.54) is 24.7 Å². The number of morpholine rings is 1. The molecule has 23 heavy (non-hydrogen) atoms. The highest BCUT2D eigenvalue weighted by atomic mass is 19.1. The number of rotatable bonds is 2. The quantitative estimate of drug-likeness (QED) is 0.780. The van der Waals surface area contributed by atoms with Gasteiger partial charge >= 0.3 is 0 Å². The number of amides is 1. The van der Waals surface area contributed by atoms with Crippen molar-refractivity contribution in [3.05, 3.63) is 48.0 Å². The largest absolute Gasteiger partial charge is 0.464 e. The van der Waals surface area contributed by atoms with Crippen LogP contribution < -0.4 is 0 Å². The number of hydrogen-bond acceptors (Lipinski definition) is 5. The summed E-state index contributed by atoms with van der Waals surface area (Å²) in [6.07, 6.45) is 2.81. The summed E-state index contributed by atoms with van der Waals surface area (Å²) in [6, 6.07) is 3.76. The Bertz CT molecular complexity index is 846. The molecule has 1 unspecified atom stereocenters. The summed E-state index contributed by atoms with van der Waals surface area (Å²) >= 11 is 0. The van der Waals surface area contributed by atoms with Crippen LogP contribution in [0.25, 0.3) is 11.0 Å². The molecule has 4 rings (SSSR count). The van der Waals surface area contributed by atoms with E-state index in [0.29, 0.717) is 36.6 Å². The Morgan fingerprint density at radius 2 is 2.35 bits per heavy atom. The molecule has 7 nitrogen and oxygen atoms in total. The van der Waals surface area contributed by atoms with Crippen molar-refractivity contribution in [2.45, 2.75) is 6.04 Å². The summed E-state index contributed by atoms with van der Waals surface area (Å²) in [5.74, 6) is -0.272. The van der Waals surface area contributed by atoms with Gasteiger partial charge in [-0.1, -0.05) is 0 Å². The van der Waals surface area contributed by atoms with Crippen LogP contribution in [-0.2, 0) is 4.74 Å². The van der Waals surface area contributed by atoms with Gasteiger partial charge in [0.15, 0.2) is 0 Å². The zero-order valence-corrected chi connectivity index (χ0v) is 12.0. The molecule has 1 aliphatic heterocycles. The maximum atomic E-state index is 13.8. The zero-order chi connectivity index (χ0) is 15.8. The molecule has 118 valence electrons. The summed E-state index contributed by atoms with van der Waals surface area (Å²) in [7, 11) is 0. The highest BCUT2D eigenvalue weighted by Gasteiger charge is 2.32. The SMILES string of the molecule is O=C(c1cc(F)cc2ccoc12)N1CCOCC1c1ncn[nH]1. The molecule has 0 spiro atoms. The lowest BCUT2D eigenvalue weighted by Gasteiger charge is -2.34. The maximum Gasteiger partial charge on any atom is 0.258 e. The van der Waals surface area contributed by atoms with Crippen LogP contribution >= 0.6 is 0 Å². The van der Waals surface area contributed by atoms with Gasteiger partial charge in [-0.3, -0.25) is 9.89 Å². The minimum Gasteiger partial charge on any atom is -0.464 e. The Kier molecular flexibility index (Phi) is 3.30. The van der Waals surface area contributed by atoms with Gasteiger partial charge in [0.1, 0.15) is 29.6 Å². The summed E-state index contributed by atoms with van der Waals surface area (Å²) in [6.45, 7) is 1.09. The van der Waals surface area contributed by atoms with Crippen molar-refractivity contribution < 1.29 is 18.3 Å². The van der Waals surface area contributed by atoms with Gasteiger partial charge < -0.3 is 14.1 Å². The number of carbonyl (C=O) groups is 1. The number of H-pyrrole nitrogens is 1. The number of halogens is 1. The number of aromatic nitrogens is 3. The third-order valence-electron chi connectivity index (χ3n) is 3.88. The minimum atomic E-state index is -0.480. The van der Waals surface area contributed by atoms with Crippen molar-refractivity contribution in [1.82, 2.24) is 20.1 Å². The lowest BCUT2D eigenvalue weighted by molar-refractivity contribution is -0.00509. The van der Waals surface area contributed by atoms with Crippen LogP contribution in [-0.4, -0.2) is 45.7 Å². The summed E-state index contributed by atoms with van der Waals surface area (Å²) in [4.78, 5) is 18.6. The average Bonchev–Trinajstić information content (AvgIpc) is 3.24. The number of hydrogen-bond donors (Lipinski definition) is 1. The maximum absolute atomic E-state index is 13.8. The van der Waals surface area contributed by atoms with Gasteiger partial charge in [-0.05, 0) is 18.2 Å². The molecule has 0 bridgehead atoms. The van der Waals surface area contributed by atoms with E-state index in [1.54, 1.807) is 11.0 Å². The van der Waals surface area contributed by atoms with Crippen molar-refractivity contribution in [3.63, 3.8) is 0 Å². The van der Waals surface area contributed by atoms with E-state index in [-0.39, 0.29) is 11.5 Å². The predicted octanol–water partition coefficient (Wildman–Crippen LogP) is 1.90. The molecule has 1 amide bonds. The fraction of sp³-hybridized carbons (Fsp3) is 0.267. The Balaban J connectivity index is 1.75. The zero-order valence-electron chi connectivity index (χ0n) is 12.0. The molecule has 8 heteroatoms. The number of ether oxygens (including phenoxy) is 1. The van der Waals surface area contributed by atoms with Gasteiger partial charge in [-0.2, -0.15) is 5.10 Å². The smallest absolute Gasteiger partial charge is 0.258 e. The molecule has 3 heterocycles. The Hall–Kier alpha value is -2.74. The van der Waals surface area contributed by atoms with Crippen LogP contribution in [0.1, 0.15) is 22.2 Å². The van der Waals surface area contributed by atoms with Crippen LogP contribution in [0, 0.1) is 5.82 Å². The Morgan fingerprint density at radius 1 is 1.43 bits per heavy atom.